The van der Waals surface area contributed by atoms with Crippen molar-refractivity contribution < 1.29 is 18.3 Å². The zero-order valence-electron chi connectivity index (χ0n) is 8.64. The fourth-order valence-electron chi connectivity index (χ4n) is 1.36. The predicted molar refractivity (Wildman–Crippen MR) is 66.5 cm³/mol. The fraction of sp³-hybridized carbons (Fsp3) is 0.444. The zero-order chi connectivity index (χ0) is 12.7. The molecule has 0 radical (unpaired) electrons. The molecule has 0 atom stereocenters. The smallest absolute Gasteiger partial charge is 0.310 e. The number of hydrogen-bond acceptors (Lipinski definition) is 4. The highest BCUT2D eigenvalue weighted by molar-refractivity contribution is 9.11. The predicted octanol–water partition coefficient (Wildman–Crippen LogP) is 1.65. The van der Waals surface area contributed by atoms with Gasteiger partial charge in [-0.1, -0.05) is 0 Å². The Labute approximate surface area is 111 Å². The van der Waals surface area contributed by atoms with E-state index in [1.807, 2.05) is 0 Å². The van der Waals surface area contributed by atoms with Gasteiger partial charge < -0.3 is 5.11 Å². The summed E-state index contributed by atoms with van der Waals surface area (Å²) in [5.41, 5.74) is -0.887. The van der Waals surface area contributed by atoms with Gasteiger partial charge in [-0.15, -0.1) is 11.3 Å². The van der Waals surface area contributed by atoms with Gasteiger partial charge in [0.15, 0.2) is 0 Å². The quantitative estimate of drug-likeness (QED) is 0.854. The van der Waals surface area contributed by atoms with Gasteiger partial charge >= 0.3 is 5.97 Å². The molecule has 2 rings (SSSR count). The van der Waals surface area contributed by atoms with Crippen molar-refractivity contribution in [3.05, 3.63) is 15.9 Å². The maximum atomic E-state index is 11.8. The number of nitrogens with one attached hydrogen (secondary N) is 1. The molecular weight excluding hydrogens is 330 g/mol. The number of aliphatic carboxylic acids is 1. The van der Waals surface area contributed by atoms with Crippen molar-refractivity contribution in [1.29, 1.82) is 0 Å². The second-order valence-corrected chi connectivity index (χ2v) is 8.43. The van der Waals surface area contributed by atoms with Crippen LogP contribution in [0.15, 0.2) is 20.1 Å². The number of sulfonamides is 1. The maximum Gasteiger partial charge on any atom is 0.310 e. The Morgan fingerprint density at radius 1 is 1.53 bits per heavy atom. The van der Waals surface area contributed by atoms with Crippen LogP contribution in [-0.4, -0.2) is 26.0 Å². The molecule has 2 N–H and O–H groups in total. The number of carbonyl (C=O) groups is 1. The maximum absolute atomic E-state index is 11.8. The molecule has 1 aliphatic carbocycles. The molecule has 1 heterocycles. The van der Waals surface area contributed by atoms with E-state index in [-0.39, 0.29) is 10.8 Å². The lowest BCUT2D eigenvalue weighted by molar-refractivity contribution is -0.142. The molecule has 0 bridgehead atoms. The Morgan fingerprint density at radius 2 is 2.18 bits per heavy atom. The van der Waals surface area contributed by atoms with E-state index in [1.54, 1.807) is 6.07 Å². The second-order valence-electron chi connectivity index (χ2n) is 3.97. The molecule has 0 saturated heterocycles. The van der Waals surface area contributed by atoms with E-state index < -0.39 is 21.4 Å². The van der Waals surface area contributed by atoms with Gasteiger partial charge in [-0.05, 0) is 40.9 Å². The van der Waals surface area contributed by atoms with Gasteiger partial charge in [0.25, 0.3) is 0 Å². The molecule has 5 nitrogen and oxygen atoms in total. The summed E-state index contributed by atoms with van der Waals surface area (Å²) in [5.74, 6) is -0.937. The highest BCUT2D eigenvalue weighted by atomic mass is 79.9. The van der Waals surface area contributed by atoms with E-state index in [1.165, 1.54) is 6.07 Å². The summed E-state index contributed by atoms with van der Waals surface area (Å²) in [7, 11) is -3.59. The Balaban J connectivity index is 2.07. The van der Waals surface area contributed by atoms with Crippen molar-refractivity contribution in [2.75, 3.05) is 6.54 Å². The van der Waals surface area contributed by atoms with Gasteiger partial charge in [0.05, 0.1) is 9.20 Å². The topological polar surface area (TPSA) is 83.5 Å². The summed E-state index contributed by atoms with van der Waals surface area (Å²) in [6.07, 6.45) is 1.05. The van der Waals surface area contributed by atoms with E-state index in [9.17, 15) is 13.2 Å². The summed E-state index contributed by atoms with van der Waals surface area (Å²) in [6.45, 7) is -0.0415. The van der Waals surface area contributed by atoms with Crippen LogP contribution in [-0.2, 0) is 14.8 Å². The minimum absolute atomic E-state index is 0.0415. The molecule has 0 spiro atoms. The van der Waals surface area contributed by atoms with Crippen LogP contribution in [0, 0.1) is 5.41 Å². The molecule has 1 saturated carbocycles. The van der Waals surface area contributed by atoms with Gasteiger partial charge in [0, 0.05) is 6.54 Å². The average Bonchev–Trinajstić information content (AvgIpc) is 2.92. The summed E-state index contributed by atoms with van der Waals surface area (Å²) in [6, 6.07) is 3.13. The van der Waals surface area contributed by atoms with Crippen molar-refractivity contribution in [1.82, 2.24) is 4.72 Å². The second kappa shape index (κ2) is 4.34. The summed E-state index contributed by atoms with van der Waals surface area (Å²) in [4.78, 5) is 10.9. The third-order valence-corrected chi connectivity index (χ3v) is 6.24. The van der Waals surface area contributed by atoms with E-state index in [2.05, 4.69) is 20.7 Å². The van der Waals surface area contributed by atoms with Crippen molar-refractivity contribution in [3.63, 3.8) is 0 Å². The third-order valence-electron chi connectivity index (χ3n) is 2.72. The standard InChI is InChI=1S/C9H10BrNO4S2/c10-6-1-2-7(16-6)17(14,15)11-5-9(3-4-9)8(12)13/h1-2,11H,3-5H2,(H,12,13). The number of hydrogen-bond donors (Lipinski definition) is 2. The normalized spacial score (nSPS) is 17.9. The van der Waals surface area contributed by atoms with Gasteiger partial charge in [-0.3, -0.25) is 4.79 Å². The largest absolute Gasteiger partial charge is 0.481 e. The van der Waals surface area contributed by atoms with Crippen molar-refractivity contribution >= 4 is 43.3 Å². The van der Waals surface area contributed by atoms with E-state index in [0.29, 0.717) is 12.8 Å². The molecule has 0 aromatic carbocycles. The van der Waals surface area contributed by atoms with Gasteiger partial charge in [-0.2, -0.15) is 0 Å². The van der Waals surface area contributed by atoms with Gasteiger partial charge in [0.2, 0.25) is 10.0 Å². The number of carboxylic acid groups (broad SMARTS) is 1. The Hall–Kier alpha value is -0.440. The van der Waals surface area contributed by atoms with Crippen LogP contribution in [0.25, 0.3) is 0 Å². The molecule has 0 aliphatic heterocycles. The number of carboxylic acids is 1. The zero-order valence-corrected chi connectivity index (χ0v) is 11.9. The molecule has 94 valence electrons. The molecule has 1 aromatic rings. The minimum Gasteiger partial charge on any atom is -0.481 e. The van der Waals surface area contributed by atoms with Crippen LogP contribution in [0.2, 0.25) is 0 Å². The first-order chi connectivity index (χ1) is 7.86. The van der Waals surface area contributed by atoms with E-state index >= 15 is 0 Å². The number of thiophene rings is 1. The van der Waals surface area contributed by atoms with Crippen LogP contribution in [0.5, 0.6) is 0 Å². The number of rotatable bonds is 5. The Morgan fingerprint density at radius 3 is 2.59 bits per heavy atom. The average molecular weight is 340 g/mol. The first-order valence-corrected chi connectivity index (χ1v) is 7.93. The van der Waals surface area contributed by atoms with E-state index in [4.69, 9.17) is 5.11 Å². The highest BCUT2D eigenvalue weighted by Gasteiger charge is 2.50. The van der Waals surface area contributed by atoms with Crippen LogP contribution in [0.1, 0.15) is 12.8 Å². The fourth-order valence-corrected chi connectivity index (χ4v) is 4.55. The molecule has 0 amide bonds. The minimum atomic E-state index is -3.59. The summed E-state index contributed by atoms with van der Waals surface area (Å²) < 4.78 is 26.9. The lowest BCUT2D eigenvalue weighted by Gasteiger charge is -2.10. The summed E-state index contributed by atoms with van der Waals surface area (Å²) in [5, 5.41) is 8.94. The van der Waals surface area contributed by atoms with Crippen LogP contribution >= 0.6 is 27.3 Å². The van der Waals surface area contributed by atoms with Crippen LogP contribution in [0.3, 0.4) is 0 Å². The highest BCUT2D eigenvalue weighted by Crippen LogP contribution is 2.45. The summed E-state index contributed by atoms with van der Waals surface area (Å²) >= 11 is 4.28. The monoisotopic (exact) mass is 339 g/mol. The Bertz CT molecular complexity index is 547. The molecular formula is C9H10BrNO4S2. The first-order valence-electron chi connectivity index (χ1n) is 4.84. The van der Waals surface area contributed by atoms with Crippen LogP contribution in [0.4, 0.5) is 0 Å². The van der Waals surface area contributed by atoms with Gasteiger partial charge in [-0.25, -0.2) is 13.1 Å². The molecule has 8 heteroatoms. The lowest BCUT2D eigenvalue weighted by Crippen LogP contribution is -2.33. The van der Waals surface area contributed by atoms with Crippen molar-refractivity contribution in [2.24, 2.45) is 5.41 Å². The molecule has 17 heavy (non-hydrogen) atoms. The van der Waals surface area contributed by atoms with Crippen LogP contribution < -0.4 is 4.72 Å². The molecule has 1 aromatic heterocycles. The van der Waals surface area contributed by atoms with Crippen molar-refractivity contribution in [2.45, 2.75) is 17.1 Å². The lowest BCUT2D eigenvalue weighted by atomic mass is 10.1. The first kappa shape index (κ1) is 13.0. The van der Waals surface area contributed by atoms with Crippen molar-refractivity contribution in [3.8, 4) is 0 Å². The molecule has 1 aliphatic rings. The SMILES string of the molecule is O=C(O)C1(CNS(=O)(=O)c2ccc(Br)s2)CC1. The third kappa shape index (κ3) is 2.70. The Kier molecular flexibility index (Phi) is 3.32. The molecule has 1 fully saturated rings. The molecule has 0 unspecified atom stereocenters. The van der Waals surface area contributed by atoms with Gasteiger partial charge in [0.1, 0.15) is 4.21 Å². The van der Waals surface area contributed by atoms with E-state index in [0.717, 1.165) is 15.1 Å². The number of halogens is 1.